The molecule has 0 amide bonds. The number of nitrogens with two attached hydrogens (primary N) is 1. The lowest BCUT2D eigenvalue weighted by molar-refractivity contribution is 0.268. The molecule has 90 valence electrons. The SMILES string of the molecule is NC(CO)c1cccn2c(C3CCC3)ncc12. The molecule has 4 heteroatoms. The number of imidazole rings is 1. The van der Waals surface area contributed by atoms with Crippen molar-refractivity contribution in [3.05, 3.63) is 35.9 Å². The van der Waals surface area contributed by atoms with E-state index in [0.29, 0.717) is 5.92 Å². The number of pyridine rings is 1. The van der Waals surface area contributed by atoms with Crippen LogP contribution < -0.4 is 5.73 Å². The molecule has 1 aliphatic rings. The molecule has 0 aromatic carbocycles. The van der Waals surface area contributed by atoms with E-state index in [2.05, 4.69) is 9.38 Å². The van der Waals surface area contributed by atoms with Crippen LogP contribution in [0.4, 0.5) is 0 Å². The van der Waals surface area contributed by atoms with Crippen molar-refractivity contribution in [1.82, 2.24) is 9.38 Å². The monoisotopic (exact) mass is 231 g/mol. The Morgan fingerprint density at radius 1 is 1.53 bits per heavy atom. The van der Waals surface area contributed by atoms with Crippen molar-refractivity contribution < 1.29 is 5.11 Å². The van der Waals surface area contributed by atoms with Gasteiger partial charge in [-0.2, -0.15) is 0 Å². The average Bonchev–Trinajstić information content (AvgIpc) is 2.70. The molecular weight excluding hydrogens is 214 g/mol. The Morgan fingerprint density at radius 2 is 2.35 bits per heavy atom. The van der Waals surface area contributed by atoms with Crippen LogP contribution in [0.15, 0.2) is 24.5 Å². The normalized spacial score (nSPS) is 18.2. The van der Waals surface area contributed by atoms with E-state index < -0.39 is 0 Å². The van der Waals surface area contributed by atoms with Gasteiger partial charge in [-0.05, 0) is 24.5 Å². The molecule has 2 heterocycles. The van der Waals surface area contributed by atoms with Gasteiger partial charge in [0, 0.05) is 12.1 Å². The number of aliphatic hydroxyl groups excluding tert-OH is 1. The molecule has 1 fully saturated rings. The number of aliphatic hydroxyl groups is 1. The predicted octanol–water partition coefficient (Wildman–Crippen LogP) is 1.59. The third-order valence-corrected chi connectivity index (χ3v) is 3.70. The highest BCUT2D eigenvalue weighted by Gasteiger charge is 2.24. The molecule has 3 N–H and O–H groups in total. The first kappa shape index (κ1) is 10.7. The fourth-order valence-electron chi connectivity index (χ4n) is 2.44. The van der Waals surface area contributed by atoms with Gasteiger partial charge >= 0.3 is 0 Å². The fourth-order valence-corrected chi connectivity index (χ4v) is 2.44. The third-order valence-electron chi connectivity index (χ3n) is 3.70. The minimum absolute atomic E-state index is 0.0381. The molecule has 2 aromatic rings. The standard InChI is InChI=1S/C13H17N3O/c14-11(8-17)10-5-2-6-16-12(10)7-15-13(16)9-3-1-4-9/h2,5-7,9,11,17H,1,3-4,8,14H2. The zero-order valence-electron chi connectivity index (χ0n) is 9.71. The summed E-state index contributed by atoms with van der Waals surface area (Å²) in [7, 11) is 0. The first-order valence-corrected chi connectivity index (χ1v) is 6.13. The lowest BCUT2D eigenvalue weighted by Crippen LogP contribution is -2.16. The maximum absolute atomic E-state index is 9.17. The zero-order chi connectivity index (χ0) is 11.8. The van der Waals surface area contributed by atoms with E-state index in [9.17, 15) is 0 Å². The molecule has 0 bridgehead atoms. The molecule has 1 aliphatic carbocycles. The van der Waals surface area contributed by atoms with Gasteiger partial charge in [-0.15, -0.1) is 0 Å². The summed E-state index contributed by atoms with van der Waals surface area (Å²) < 4.78 is 2.12. The van der Waals surface area contributed by atoms with E-state index in [0.717, 1.165) is 16.9 Å². The fraction of sp³-hybridized carbons (Fsp3) is 0.462. The van der Waals surface area contributed by atoms with Crippen LogP contribution in [0.3, 0.4) is 0 Å². The highest BCUT2D eigenvalue weighted by molar-refractivity contribution is 5.56. The van der Waals surface area contributed by atoms with Crippen molar-refractivity contribution in [3.63, 3.8) is 0 Å². The number of hydrogen-bond donors (Lipinski definition) is 2. The van der Waals surface area contributed by atoms with Crippen molar-refractivity contribution in [1.29, 1.82) is 0 Å². The topological polar surface area (TPSA) is 63.5 Å². The van der Waals surface area contributed by atoms with Crippen LogP contribution in [0.2, 0.25) is 0 Å². The van der Waals surface area contributed by atoms with Crippen LogP contribution in [-0.4, -0.2) is 21.1 Å². The number of hydrogen-bond acceptors (Lipinski definition) is 3. The second-order valence-electron chi connectivity index (χ2n) is 4.75. The van der Waals surface area contributed by atoms with E-state index in [1.165, 1.54) is 19.3 Å². The minimum Gasteiger partial charge on any atom is -0.394 e. The largest absolute Gasteiger partial charge is 0.394 e. The summed E-state index contributed by atoms with van der Waals surface area (Å²) in [4.78, 5) is 4.52. The van der Waals surface area contributed by atoms with Gasteiger partial charge in [0.25, 0.3) is 0 Å². The van der Waals surface area contributed by atoms with Crippen molar-refractivity contribution in [2.45, 2.75) is 31.2 Å². The Labute approximate surface area is 100 Å². The summed E-state index contributed by atoms with van der Waals surface area (Å²) in [5.74, 6) is 1.73. The van der Waals surface area contributed by atoms with Gasteiger partial charge in [-0.1, -0.05) is 12.5 Å². The maximum Gasteiger partial charge on any atom is 0.116 e. The van der Waals surface area contributed by atoms with Gasteiger partial charge in [0.15, 0.2) is 0 Å². The number of rotatable bonds is 3. The van der Waals surface area contributed by atoms with Gasteiger partial charge in [0.1, 0.15) is 5.82 Å². The smallest absolute Gasteiger partial charge is 0.116 e. The van der Waals surface area contributed by atoms with Crippen LogP contribution in [0.25, 0.3) is 5.52 Å². The van der Waals surface area contributed by atoms with Crippen LogP contribution in [-0.2, 0) is 0 Å². The minimum atomic E-state index is -0.329. The Kier molecular flexibility index (Phi) is 2.61. The second kappa shape index (κ2) is 4.13. The summed E-state index contributed by atoms with van der Waals surface area (Å²) in [5.41, 5.74) is 7.89. The molecule has 1 unspecified atom stereocenters. The number of aromatic nitrogens is 2. The van der Waals surface area contributed by atoms with Gasteiger partial charge in [0.2, 0.25) is 0 Å². The Morgan fingerprint density at radius 3 is 3.00 bits per heavy atom. The van der Waals surface area contributed by atoms with E-state index in [1.54, 1.807) is 0 Å². The van der Waals surface area contributed by atoms with Gasteiger partial charge < -0.3 is 15.2 Å². The Balaban J connectivity index is 2.11. The Bertz CT molecular complexity index is 530. The lowest BCUT2D eigenvalue weighted by atomic mass is 9.85. The van der Waals surface area contributed by atoms with Crippen molar-refractivity contribution in [2.75, 3.05) is 6.61 Å². The number of nitrogens with zero attached hydrogens (tertiary/aromatic N) is 2. The van der Waals surface area contributed by atoms with Crippen molar-refractivity contribution in [2.24, 2.45) is 5.73 Å². The summed E-state index contributed by atoms with van der Waals surface area (Å²) in [6.07, 6.45) is 7.67. The molecule has 0 aliphatic heterocycles. The van der Waals surface area contributed by atoms with Gasteiger partial charge in [-0.25, -0.2) is 4.98 Å². The summed E-state index contributed by atoms with van der Waals surface area (Å²) in [6.45, 7) is -0.0381. The van der Waals surface area contributed by atoms with E-state index >= 15 is 0 Å². The average molecular weight is 231 g/mol. The van der Waals surface area contributed by atoms with Crippen molar-refractivity contribution >= 4 is 5.52 Å². The van der Waals surface area contributed by atoms with E-state index in [4.69, 9.17) is 10.8 Å². The van der Waals surface area contributed by atoms with Gasteiger partial charge in [0.05, 0.1) is 24.4 Å². The highest BCUT2D eigenvalue weighted by atomic mass is 16.3. The molecule has 0 spiro atoms. The van der Waals surface area contributed by atoms with Crippen LogP contribution in [0.5, 0.6) is 0 Å². The van der Waals surface area contributed by atoms with Crippen LogP contribution in [0, 0.1) is 0 Å². The van der Waals surface area contributed by atoms with E-state index in [-0.39, 0.29) is 12.6 Å². The third kappa shape index (κ3) is 1.64. The van der Waals surface area contributed by atoms with Crippen LogP contribution in [0.1, 0.15) is 42.6 Å². The molecule has 4 nitrogen and oxygen atoms in total. The molecule has 2 aromatic heterocycles. The predicted molar refractivity (Wildman–Crippen MR) is 65.8 cm³/mol. The molecule has 0 saturated heterocycles. The van der Waals surface area contributed by atoms with Gasteiger partial charge in [-0.3, -0.25) is 0 Å². The lowest BCUT2D eigenvalue weighted by Gasteiger charge is -2.24. The second-order valence-corrected chi connectivity index (χ2v) is 4.75. The summed E-state index contributed by atoms with van der Waals surface area (Å²) in [5, 5.41) is 9.17. The molecule has 1 atom stereocenters. The van der Waals surface area contributed by atoms with Crippen molar-refractivity contribution in [3.8, 4) is 0 Å². The molecule has 1 saturated carbocycles. The Hall–Kier alpha value is -1.39. The first-order valence-electron chi connectivity index (χ1n) is 6.13. The molecule has 3 rings (SSSR count). The zero-order valence-corrected chi connectivity index (χ0v) is 9.71. The van der Waals surface area contributed by atoms with Crippen LogP contribution >= 0.6 is 0 Å². The molecular formula is C13H17N3O. The quantitative estimate of drug-likeness (QED) is 0.843. The highest BCUT2D eigenvalue weighted by Crippen LogP contribution is 2.36. The molecule has 0 radical (unpaired) electrons. The van der Waals surface area contributed by atoms with E-state index in [1.807, 2.05) is 24.5 Å². The summed E-state index contributed by atoms with van der Waals surface area (Å²) >= 11 is 0. The first-order chi connectivity index (χ1) is 8.31. The maximum atomic E-state index is 9.17. The summed E-state index contributed by atoms with van der Waals surface area (Å²) in [6, 6.07) is 3.61. The molecule has 17 heavy (non-hydrogen) atoms. The number of fused-ring (bicyclic) bond motifs is 1.